The number of hydrogen-bond acceptors (Lipinski definition) is 5. The molecule has 2 heterocycles. The molecule has 0 saturated carbocycles. The van der Waals surface area contributed by atoms with Crippen molar-refractivity contribution in [2.75, 3.05) is 11.9 Å². The van der Waals surface area contributed by atoms with Crippen LogP contribution in [-0.2, 0) is 6.42 Å². The average molecular weight is 336 g/mol. The summed E-state index contributed by atoms with van der Waals surface area (Å²) in [4.78, 5) is 16.4. The monoisotopic (exact) mass is 336 g/mol. The second-order valence-electron chi connectivity index (χ2n) is 5.76. The van der Waals surface area contributed by atoms with Gasteiger partial charge in [0.05, 0.1) is 17.4 Å². The van der Waals surface area contributed by atoms with E-state index in [9.17, 15) is 4.79 Å². The summed E-state index contributed by atoms with van der Waals surface area (Å²) in [6.45, 7) is 2.43. The molecule has 0 aliphatic carbocycles. The Hall–Kier alpha value is -3.15. The Bertz CT molecular complexity index is 830. The SMILES string of the molecule is Cc1cc(Nc2cncc(C(=O)NCCCc3ccccc3)c2)no1. The van der Waals surface area contributed by atoms with Crippen molar-refractivity contribution >= 4 is 17.4 Å². The molecule has 1 aromatic carbocycles. The normalized spacial score (nSPS) is 10.4. The van der Waals surface area contributed by atoms with Gasteiger partial charge in [0.15, 0.2) is 5.82 Å². The Balaban J connectivity index is 1.50. The van der Waals surface area contributed by atoms with Gasteiger partial charge in [-0.1, -0.05) is 35.5 Å². The number of anilines is 2. The van der Waals surface area contributed by atoms with Gasteiger partial charge in [0.1, 0.15) is 5.76 Å². The number of aromatic nitrogens is 2. The molecule has 1 amide bonds. The van der Waals surface area contributed by atoms with E-state index >= 15 is 0 Å². The first-order valence-corrected chi connectivity index (χ1v) is 8.18. The molecular formula is C19H20N4O2. The summed E-state index contributed by atoms with van der Waals surface area (Å²) in [5, 5.41) is 9.85. The highest BCUT2D eigenvalue weighted by atomic mass is 16.5. The number of aryl methyl sites for hydroxylation is 2. The Kier molecular flexibility index (Phi) is 5.41. The lowest BCUT2D eigenvalue weighted by Crippen LogP contribution is -2.25. The molecular weight excluding hydrogens is 316 g/mol. The van der Waals surface area contributed by atoms with E-state index in [2.05, 4.69) is 32.9 Å². The van der Waals surface area contributed by atoms with Crippen LogP contribution in [0.15, 0.2) is 59.4 Å². The fourth-order valence-corrected chi connectivity index (χ4v) is 2.45. The largest absolute Gasteiger partial charge is 0.360 e. The van der Waals surface area contributed by atoms with Gasteiger partial charge >= 0.3 is 0 Å². The van der Waals surface area contributed by atoms with Crippen molar-refractivity contribution < 1.29 is 9.32 Å². The van der Waals surface area contributed by atoms with Gasteiger partial charge < -0.3 is 15.2 Å². The average Bonchev–Trinajstić information content (AvgIpc) is 3.04. The van der Waals surface area contributed by atoms with E-state index in [1.54, 1.807) is 24.5 Å². The maximum absolute atomic E-state index is 12.3. The molecule has 2 aromatic heterocycles. The Labute approximate surface area is 146 Å². The third-order valence-electron chi connectivity index (χ3n) is 3.67. The Morgan fingerprint density at radius 2 is 2.00 bits per heavy atom. The minimum absolute atomic E-state index is 0.138. The molecule has 128 valence electrons. The molecule has 0 fully saturated rings. The maximum atomic E-state index is 12.3. The van der Waals surface area contributed by atoms with Crippen LogP contribution in [0, 0.1) is 6.92 Å². The molecule has 0 aliphatic heterocycles. The summed E-state index contributed by atoms with van der Waals surface area (Å²) in [6, 6.07) is 13.7. The van der Waals surface area contributed by atoms with Gasteiger partial charge in [0, 0.05) is 18.8 Å². The van der Waals surface area contributed by atoms with E-state index in [-0.39, 0.29) is 5.91 Å². The predicted octanol–water partition coefficient (Wildman–Crippen LogP) is 3.48. The van der Waals surface area contributed by atoms with Gasteiger partial charge in [0.25, 0.3) is 5.91 Å². The van der Waals surface area contributed by atoms with Gasteiger partial charge in [-0.15, -0.1) is 0 Å². The summed E-state index contributed by atoms with van der Waals surface area (Å²) < 4.78 is 5.00. The first-order chi connectivity index (χ1) is 12.2. The van der Waals surface area contributed by atoms with Crippen molar-refractivity contribution in [3.63, 3.8) is 0 Å². The molecule has 25 heavy (non-hydrogen) atoms. The topological polar surface area (TPSA) is 80.0 Å². The second kappa shape index (κ2) is 8.10. The summed E-state index contributed by atoms with van der Waals surface area (Å²) in [7, 11) is 0. The van der Waals surface area contributed by atoms with Crippen molar-refractivity contribution in [1.82, 2.24) is 15.5 Å². The summed E-state index contributed by atoms with van der Waals surface area (Å²) in [5.74, 6) is 1.16. The van der Waals surface area contributed by atoms with E-state index in [1.807, 2.05) is 25.1 Å². The number of benzene rings is 1. The van der Waals surface area contributed by atoms with E-state index in [1.165, 1.54) is 5.56 Å². The minimum Gasteiger partial charge on any atom is -0.360 e. The van der Waals surface area contributed by atoms with Crippen molar-refractivity contribution in [3.05, 3.63) is 71.7 Å². The smallest absolute Gasteiger partial charge is 0.252 e. The van der Waals surface area contributed by atoms with Gasteiger partial charge in [-0.2, -0.15) is 0 Å². The van der Waals surface area contributed by atoms with Gasteiger partial charge in [-0.05, 0) is 31.4 Å². The van der Waals surface area contributed by atoms with Gasteiger partial charge in [-0.3, -0.25) is 9.78 Å². The van der Waals surface area contributed by atoms with Crippen molar-refractivity contribution in [1.29, 1.82) is 0 Å². The molecule has 0 saturated heterocycles. The second-order valence-corrected chi connectivity index (χ2v) is 5.76. The van der Waals surface area contributed by atoms with E-state index in [0.717, 1.165) is 12.8 Å². The molecule has 0 atom stereocenters. The quantitative estimate of drug-likeness (QED) is 0.646. The summed E-state index contributed by atoms with van der Waals surface area (Å²) >= 11 is 0. The zero-order valence-corrected chi connectivity index (χ0v) is 14.0. The zero-order chi connectivity index (χ0) is 17.5. The first kappa shape index (κ1) is 16.7. The van der Waals surface area contributed by atoms with Crippen LogP contribution in [0.2, 0.25) is 0 Å². The Morgan fingerprint density at radius 1 is 1.16 bits per heavy atom. The number of nitrogens with zero attached hydrogens (tertiary/aromatic N) is 2. The van der Waals surface area contributed by atoms with E-state index in [0.29, 0.717) is 29.4 Å². The number of carbonyl (C=O) groups excluding carboxylic acids is 1. The van der Waals surface area contributed by atoms with Crippen LogP contribution < -0.4 is 10.6 Å². The molecule has 0 spiro atoms. The highest BCUT2D eigenvalue weighted by molar-refractivity contribution is 5.94. The molecule has 2 N–H and O–H groups in total. The van der Waals surface area contributed by atoms with E-state index < -0.39 is 0 Å². The van der Waals surface area contributed by atoms with Crippen LogP contribution in [0.1, 0.15) is 28.1 Å². The third-order valence-corrected chi connectivity index (χ3v) is 3.67. The van der Waals surface area contributed by atoms with Gasteiger partial charge in [-0.25, -0.2) is 0 Å². The fourth-order valence-electron chi connectivity index (χ4n) is 2.45. The lowest BCUT2D eigenvalue weighted by molar-refractivity contribution is 0.0953. The zero-order valence-electron chi connectivity index (χ0n) is 14.0. The predicted molar refractivity (Wildman–Crippen MR) is 95.9 cm³/mol. The first-order valence-electron chi connectivity index (χ1n) is 8.18. The van der Waals surface area contributed by atoms with Crippen LogP contribution in [0.25, 0.3) is 0 Å². The maximum Gasteiger partial charge on any atom is 0.252 e. The molecule has 6 heteroatoms. The number of pyridine rings is 1. The minimum atomic E-state index is -0.138. The number of nitrogens with one attached hydrogen (secondary N) is 2. The summed E-state index contributed by atoms with van der Waals surface area (Å²) in [6.07, 6.45) is 5.01. The number of rotatable bonds is 7. The molecule has 0 radical (unpaired) electrons. The standard InChI is InChI=1S/C19H20N4O2/c1-14-10-18(23-25-14)22-17-11-16(12-20-13-17)19(24)21-9-5-8-15-6-3-2-4-7-15/h2-4,6-7,10-13H,5,8-9H2,1H3,(H,21,24)(H,22,23). The van der Waals surface area contributed by atoms with Crippen molar-refractivity contribution in [3.8, 4) is 0 Å². The Morgan fingerprint density at radius 3 is 2.76 bits per heavy atom. The highest BCUT2D eigenvalue weighted by Gasteiger charge is 2.08. The number of carbonyl (C=O) groups is 1. The molecule has 0 aliphatic rings. The lowest BCUT2D eigenvalue weighted by Gasteiger charge is -2.07. The molecule has 6 nitrogen and oxygen atoms in total. The van der Waals surface area contributed by atoms with Crippen molar-refractivity contribution in [2.24, 2.45) is 0 Å². The number of hydrogen-bond donors (Lipinski definition) is 2. The third kappa shape index (κ3) is 4.91. The molecule has 3 rings (SSSR count). The van der Waals surface area contributed by atoms with Crippen LogP contribution in [0.4, 0.5) is 11.5 Å². The van der Waals surface area contributed by atoms with Crippen LogP contribution >= 0.6 is 0 Å². The molecule has 3 aromatic rings. The fraction of sp³-hybridized carbons (Fsp3) is 0.211. The van der Waals surface area contributed by atoms with Crippen LogP contribution in [-0.4, -0.2) is 22.6 Å². The van der Waals surface area contributed by atoms with Crippen LogP contribution in [0.3, 0.4) is 0 Å². The number of amides is 1. The molecule has 0 bridgehead atoms. The summed E-state index contributed by atoms with van der Waals surface area (Å²) in [5.41, 5.74) is 2.46. The van der Waals surface area contributed by atoms with Crippen LogP contribution in [0.5, 0.6) is 0 Å². The van der Waals surface area contributed by atoms with E-state index in [4.69, 9.17) is 4.52 Å². The van der Waals surface area contributed by atoms with Crippen molar-refractivity contribution in [2.45, 2.75) is 19.8 Å². The lowest BCUT2D eigenvalue weighted by atomic mass is 10.1. The molecule has 0 unspecified atom stereocenters. The highest BCUT2D eigenvalue weighted by Crippen LogP contribution is 2.16. The van der Waals surface area contributed by atoms with Gasteiger partial charge in [0.2, 0.25) is 0 Å².